The van der Waals surface area contributed by atoms with Crippen LogP contribution in [0.4, 0.5) is 0 Å². The first-order valence-corrected chi connectivity index (χ1v) is 6.48. The molecule has 16 heavy (non-hydrogen) atoms. The van der Waals surface area contributed by atoms with Gasteiger partial charge < -0.3 is 4.74 Å². The van der Waals surface area contributed by atoms with Gasteiger partial charge in [0.05, 0.1) is 6.10 Å². The van der Waals surface area contributed by atoms with Crippen molar-refractivity contribution in [2.75, 3.05) is 6.61 Å². The van der Waals surface area contributed by atoms with Crippen LogP contribution in [0.5, 0.6) is 0 Å². The van der Waals surface area contributed by atoms with E-state index in [0.717, 1.165) is 13.0 Å². The number of hydrogen-bond acceptors (Lipinski definition) is 1. The van der Waals surface area contributed by atoms with E-state index in [-0.39, 0.29) is 6.10 Å². The second-order valence-corrected chi connectivity index (χ2v) is 4.36. The smallest absolute Gasteiger partial charge is 0.0796 e. The molecule has 0 saturated carbocycles. The van der Waals surface area contributed by atoms with Gasteiger partial charge in [-0.3, -0.25) is 0 Å². The Labute approximate surface area is 99.8 Å². The van der Waals surface area contributed by atoms with E-state index in [9.17, 15) is 0 Å². The third-order valence-corrected chi connectivity index (χ3v) is 2.85. The maximum Gasteiger partial charge on any atom is 0.0796 e. The predicted molar refractivity (Wildman–Crippen MR) is 69.7 cm³/mol. The molecule has 0 bridgehead atoms. The zero-order valence-corrected chi connectivity index (χ0v) is 10.8. The molecule has 90 valence electrons. The maximum atomic E-state index is 5.77. The minimum absolute atomic E-state index is 0.224. The molecule has 0 radical (unpaired) electrons. The van der Waals surface area contributed by atoms with Gasteiger partial charge in [0.25, 0.3) is 0 Å². The van der Waals surface area contributed by atoms with Crippen molar-refractivity contribution in [1.29, 1.82) is 0 Å². The molecule has 1 atom stereocenters. The van der Waals surface area contributed by atoms with E-state index in [4.69, 9.17) is 4.74 Å². The van der Waals surface area contributed by atoms with Crippen LogP contribution < -0.4 is 0 Å². The molecule has 0 aliphatic heterocycles. The zero-order chi connectivity index (χ0) is 11.8. The van der Waals surface area contributed by atoms with Crippen molar-refractivity contribution in [1.82, 2.24) is 0 Å². The van der Waals surface area contributed by atoms with Crippen molar-refractivity contribution in [3.05, 3.63) is 35.4 Å². The molecular weight excluding hydrogens is 196 g/mol. The van der Waals surface area contributed by atoms with Crippen LogP contribution in [0.25, 0.3) is 0 Å². The molecule has 1 nitrogen and oxygen atoms in total. The normalized spacial score (nSPS) is 12.7. The SMILES string of the molecule is CCCCO[C@@H](C)c1ccc(CCC)cc1. The highest BCUT2D eigenvalue weighted by molar-refractivity contribution is 5.24. The van der Waals surface area contributed by atoms with E-state index in [0.29, 0.717) is 0 Å². The Morgan fingerprint density at radius 1 is 1.06 bits per heavy atom. The lowest BCUT2D eigenvalue weighted by Crippen LogP contribution is -2.01. The van der Waals surface area contributed by atoms with Crippen molar-refractivity contribution in [3.63, 3.8) is 0 Å². The second-order valence-electron chi connectivity index (χ2n) is 4.36. The van der Waals surface area contributed by atoms with Crippen LogP contribution in [0.15, 0.2) is 24.3 Å². The van der Waals surface area contributed by atoms with E-state index < -0.39 is 0 Å². The molecule has 1 aromatic carbocycles. The average molecular weight is 220 g/mol. The molecule has 0 amide bonds. The molecular formula is C15H24O. The van der Waals surface area contributed by atoms with Gasteiger partial charge in [0.2, 0.25) is 0 Å². The summed E-state index contributed by atoms with van der Waals surface area (Å²) in [6.45, 7) is 7.40. The summed E-state index contributed by atoms with van der Waals surface area (Å²) < 4.78 is 5.77. The van der Waals surface area contributed by atoms with Crippen LogP contribution in [0.2, 0.25) is 0 Å². The Morgan fingerprint density at radius 2 is 1.75 bits per heavy atom. The molecule has 0 saturated heterocycles. The van der Waals surface area contributed by atoms with E-state index >= 15 is 0 Å². The Morgan fingerprint density at radius 3 is 2.31 bits per heavy atom. The summed E-state index contributed by atoms with van der Waals surface area (Å²) in [5, 5.41) is 0. The van der Waals surface area contributed by atoms with Crippen molar-refractivity contribution in [2.24, 2.45) is 0 Å². The van der Waals surface area contributed by atoms with Gasteiger partial charge in [0.15, 0.2) is 0 Å². The van der Waals surface area contributed by atoms with E-state index in [1.54, 1.807) is 0 Å². The standard InChI is InChI=1S/C15H24O/c1-4-6-12-16-13(3)15-10-8-14(7-5-2)9-11-15/h8-11,13H,4-7,12H2,1-3H3/t13-/m0/s1. The molecule has 0 N–H and O–H groups in total. The number of ether oxygens (including phenoxy) is 1. The Bertz CT molecular complexity index is 276. The van der Waals surface area contributed by atoms with Crippen LogP contribution in [0, 0.1) is 0 Å². The topological polar surface area (TPSA) is 9.23 Å². The third-order valence-electron chi connectivity index (χ3n) is 2.85. The largest absolute Gasteiger partial charge is 0.374 e. The first-order chi connectivity index (χ1) is 7.77. The highest BCUT2D eigenvalue weighted by atomic mass is 16.5. The summed E-state index contributed by atoms with van der Waals surface area (Å²) in [4.78, 5) is 0. The fourth-order valence-electron chi connectivity index (χ4n) is 1.74. The molecule has 0 spiro atoms. The molecule has 0 aliphatic rings. The number of benzene rings is 1. The summed E-state index contributed by atoms with van der Waals surface area (Å²) in [6, 6.07) is 8.83. The molecule has 1 aromatic rings. The van der Waals surface area contributed by atoms with Gasteiger partial charge in [-0.1, -0.05) is 51.0 Å². The Kier molecular flexibility index (Phi) is 6.17. The molecule has 0 aliphatic carbocycles. The lowest BCUT2D eigenvalue weighted by Gasteiger charge is -2.13. The number of unbranched alkanes of at least 4 members (excludes halogenated alkanes) is 1. The highest BCUT2D eigenvalue weighted by Gasteiger charge is 2.04. The highest BCUT2D eigenvalue weighted by Crippen LogP contribution is 2.18. The van der Waals surface area contributed by atoms with Crippen molar-refractivity contribution < 1.29 is 4.74 Å². The number of hydrogen-bond donors (Lipinski definition) is 0. The zero-order valence-electron chi connectivity index (χ0n) is 10.8. The summed E-state index contributed by atoms with van der Waals surface area (Å²) in [6.07, 6.45) is 4.95. The first-order valence-electron chi connectivity index (χ1n) is 6.48. The number of aryl methyl sites for hydroxylation is 1. The average Bonchev–Trinajstić information content (AvgIpc) is 2.30. The van der Waals surface area contributed by atoms with Crippen LogP contribution in [0.3, 0.4) is 0 Å². The first kappa shape index (κ1) is 13.2. The van der Waals surface area contributed by atoms with Crippen LogP contribution in [-0.4, -0.2) is 6.61 Å². The lowest BCUT2D eigenvalue weighted by molar-refractivity contribution is 0.0637. The minimum atomic E-state index is 0.224. The Hall–Kier alpha value is -0.820. The van der Waals surface area contributed by atoms with E-state index in [1.165, 1.54) is 30.4 Å². The van der Waals surface area contributed by atoms with Crippen LogP contribution in [-0.2, 0) is 11.2 Å². The summed E-state index contributed by atoms with van der Waals surface area (Å²) in [5.74, 6) is 0. The maximum absolute atomic E-state index is 5.77. The molecule has 0 fully saturated rings. The lowest BCUT2D eigenvalue weighted by atomic mass is 10.1. The summed E-state index contributed by atoms with van der Waals surface area (Å²) >= 11 is 0. The summed E-state index contributed by atoms with van der Waals surface area (Å²) in [7, 11) is 0. The van der Waals surface area contributed by atoms with Crippen molar-refractivity contribution >= 4 is 0 Å². The molecule has 0 unspecified atom stereocenters. The second kappa shape index (κ2) is 7.45. The van der Waals surface area contributed by atoms with Gasteiger partial charge >= 0.3 is 0 Å². The van der Waals surface area contributed by atoms with Gasteiger partial charge in [-0.2, -0.15) is 0 Å². The van der Waals surface area contributed by atoms with Gasteiger partial charge in [-0.15, -0.1) is 0 Å². The fraction of sp³-hybridized carbons (Fsp3) is 0.600. The van der Waals surface area contributed by atoms with Gasteiger partial charge in [-0.05, 0) is 30.9 Å². The predicted octanol–water partition coefficient (Wildman–Crippen LogP) is 4.52. The van der Waals surface area contributed by atoms with E-state index in [2.05, 4.69) is 45.0 Å². The molecule has 0 heterocycles. The van der Waals surface area contributed by atoms with Crippen molar-refractivity contribution in [2.45, 2.75) is 52.6 Å². The molecule has 0 aromatic heterocycles. The van der Waals surface area contributed by atoms with Gasteiger partial charge in [0.1, 0.15) is 0 Å². The quantitative estimate of drug-likeness (QED) is 0.614. The fourth-order valence-corrected chi connectivity index (χ4v) is 1.74. The molecule has 1 rings (SSSR count). The minimum Gasteiger partial charge on any atom is -0.374 e. The third kappa shape index (κ3) is 4.36. The monoisotopic (exact) mass is 220 g/mol. The van der Waals surface area contributed by atoms with Crippen LogP contribution >= 0.6 is 0 Å². The van der Waals surface area contributed by atoms with Gasteiger partial charge in [0, 0.05) is 6.61 Å². The Balaban J connectivity index is 2.46. The van der Waals surface area contributed by atoms with Crippen molar-refractivity contribution in [3.8, 4) is 0 Å². The number of rotatable bonds is 7. The van der Waals surface area contributed by atoms with Crippen LogP contribution in [0.1, 0.15) is 57.3 Å². The van der Waals surface area contributed by atoms with E-state index in [1.807, 2.05) is 0 Å². The summed E-state index contributed by atoms with van der Waals surface area (Å²) in [5.41, 5.74) is 2.71. The van der Waals surface area contributed by atoms with Gasteiger partial charge in [-0.25, -0.2) is 0 Å². The molecule has 1 heteroatoms.